The average molecular weight is 458 g/mol. The van der Waals surface area contributed by atoms with E-state index in [0.717, 1.165) is 40.3 Å². The Morgan fingerprint density at radius 1 is 0.879 bits per heavy atom. The van der Waals surface area contributed by atoms with Crippen LogP contribution in [0.2, 0.25) is 0 Å². The maximum absolute atomic E-state index is 13.0. The van der Waals surface area contributed by atoms with Gasteiger partial charge in [-0.15, -0.1) is 0 Å². The second-order valence-electron chi connectivity index (χ2n) is 8.21. The number of carbonyl (C=O) groups excluding carboxylic acids is 1. The largest absolute Gasteiger partial charge is 0.344 e. The van der Waals surface area contributed by atoms with Gasteiger partial charge in [-0.25, -0.2) is 4.98 Å². The Balaban J connectivity index is 1.47. The highest BCUT2D eigenvalue weighted by molar-refractivity contribution is 7.99. The van der Waals surface area contributed by atoms with Crippen LogP contribution in [0.15, 0.2) is 90.1 Å². The van der Waals surface area contributed by atoms with Gasteiger partial charge in [0.1, 0.15) is 0 Å². The van der Waals surface area contributed by atoms with Crippen molar-refractivity contribution in [3.8, 4) is 0 Å². The van der Waals surface area contributed by atoms with Crippen molar-refractivity contribution in [1.29, 1.82) is 0 Å². The second kappa shape index (κ2) is 11.7. The lowest BCUT2D eigenvalue weighted by Crippen LogP contribution is -2.30. The molecule has 5 heteroatoms. The van der Waals surface area contributed by atoms with Gasteiger partial charge in [-0.2, -0.15) is 0 Å². The molecule has 0 saturated carbocycles. The Morgan fingerprint density at radius 3 is 2.18 bits per heavy atom. The molecule has 0 bridgehead atoms. The number of hydrogen-bond donors (Lipinski definition) is 1. The zero-order valence-corrected chi connectivity index (χ0v) is 19.9. The Hall–Kier alpha value is -3.05. The summed E-state index contributed by atoms with van der Waals surface area (Å²) in [4.78, 5) is 17.9. The fourth-order valence-corrected chi connectivity index (χ4v) is 4.91. The minimum Gasteiger partial charge on any atom is -0.344 e. The van der Waals surface area contributed by atoms with E-state index in [0.29, 0.717) is 5.75 Å². The number of amides is 1. The van der Waals surface area contributed by atoms with Gasteiger partial charge in [0, 0.05) is 6.54 Å². The smallest absolute Gasteiger partial charge is 0.231 e. The molecule has 0 unspecified atom stereocenters. The van der Waals surface area contributed by atoms with Crippen LogP contribution in [0.5, 0.6) is 0 Å². The molecule has 1 aromatic heterocycles. The topological polar surface area (TPSA) is 46.9 Å². The Bertz CT molecular complexity index is 1120. The molecule has 0 saturated heterocycles. The first-order valence-corrected chi connectivity index (χ1v) is 12.7. The number of aromatic nitrogens is 2. The van der Waals surface area contributed by atoms with Crippen LogP contribution in [0.1, 0.15) is 49.8 Å². The van der Waals surface area contributed by atoms with Gasteiger partial charge in [0.05, 0.1) is 22.8 Å². The standard InChI is InChI=1S/C28H31N3OS/c1-2-3-4-13-20-31-25-19-12-11-18-24(25)29-28(31)33-21-26(32)30-27(22-14-7-5-8-15-22)23-16-9-6-10-17-23/h5-12,14-19,27H,2-4,13,20-21H2,1H3,(H,30,32). The van der Waals surface area contributed by atoms with E-state index in [4.69, 9.17) is 4.98 Å². The van der Waals surface area contributed by atoms with Crippen molar-refractivity contribution in [3.05, 3.63) is 96.1 Å². The predicted octanol–water partition coefficient (Wildman–Crippen LogP) is 6.61. The number of unbranched alkanes of at least 4 members (excludes halogenated alkanes) is 3. The SMILES string of the molecule is CCCCCCn1c(SCC(=O)NC(c2ccccc2)c2ccccc2)nc2ccccc21. The van der Waals surface area contributed by atoms with Crippen molar-refractivity contribution < 1.29 is 4.79 Å². The van der Waals surface area contributed by atoms with Crippen LogP contribution < -0.4 is 5.32 Å². The number of hydrogen-bond acceptors (Lipinski definition) is 3. The van der Waals surface area contributed by atoms with Crippen LogP contribution >= 0.6 is 11.8 Å². The van der Waals surface area contributed by atoms with Crippen molar-refractivity contribution >= 4 is 28.7 Å². The quantitative estimate of drug-likeness (QED) is 0.203. The molecule has 0 spiro atoms. The molecular weight excluding hydrogens is 426 g/mol. The van der Waals surface area contributed by atoms with Crippen molar-refractivity contribution in [3.63, 3.8) is 0 Å². The maximum Gasteiger partial charge on any atom is 0.231 e. The summed E-state index contributed by atoms with van der Waals surface area (Å²) in [5.41, 5.74) is 4.28. The minimum absolute atomic E-state index is 0.00213. The van der Waals surface area contributed by atoms with Crippen molar-refractivity contribution in [2.45, 2.75) is 50.4 Å². The molecule has 0 atom stereocenters. The third kappa shape index (κ3) is 6.05. The van der Waals surface area contributed by atoms with Gasteiger partial charge in [-0.3, -0.25) is 4.79 Å². The molecular formula is C28H31N3OS. The molecule has 170 valence electrons. The molecule has 4 nitrogen and oxygen atoms in total. The highest BCUT2D eigenvalue weighted by atomic mass is 32.2. The number of thioether (sulfide) groups is 1. The summed E-state index contributed by atoms with van der Waals surface area (Å²) in [5.74, 6) is 0.330. The van der Waals surface area contributed by atoms with Crippen molar-refractivity contribution in [2.75, 3.05) is 5.75 Å². The van der Waals surface area contributed by atoms with E-state index < -0.39 is 0 Å². The molecule has 1 amide bonds. The minimum atomic E-state index is -0.173. The summed E-state index contributed by atoms with van der Waals surface area (Å²) < 4.78 is 2.27. The molecule has 0 fully saturated rings. The Kier molecular flexibility index (Phi) is 8.20. The highest BCUT2D eigenvalue weighted by Gasteiger charge is 2.18. The number of benzene rings is 3. The Labute approximate surface area is 200 Å². The Morgan fingerprint density at radius 2 is 1.52 bits per heavy atom. The third-order valence-electron chi connectivity index (χ3n) is 5.76. The fraction of sp³-hybridized carbons (Fsp3) is 0.286. The monoisotopic (exact) mass is 457 g/mol. The van der Waals surface area contributed by atoms with E-state index in [2.05, 4.69) is 53.2 Å². The average Bonchev–Trinajstić information content (AvgIpc) is 3.22. The van der Waals surface area contributed by atoms with Crippen LogP contribution in [-0.4, -0.2) is 21.2 Å². The molecule has 1 N–H and O–H groups in total. The summed E-state index contributed by atoms with van der Waals surface area (Å²) >= 11 is 1.52. The lowest BCUT2D eigenvalue weighted by Gasteiger charge is -2.20. The van der Waals surface area contributed by atoms with E-state index >= 15 is 0 Å². The number of imidazole rings is 1. The van der Waals surface area contributed by atoms with Gasteiger partial charge in [0.2, 0.25) is 5.91 Å². The zero-order chi connectivity index (χ0) is 22.9. The molecule has 33 heavy (non-hydrogen) atoms. The summed E-state index contributed by atoms with van der Waals surface area (Å²) in [6.07, 6.45) is 4.80. The van der Waals surface area contributed by atoms with Gasteiger partial charge < -0.3 is 9.88 Å². The summed E-state index contributed by atoms with van der Waals surface area (Å²) in [6.45, 7) is 3.16. The second-order valence-corrected chi connectivity index (χ2v) is 9.15. The number of carbonyl (C=O) groups is 1. The van der Waals surface area contributed by atoms with Gasteiger partial charge in [-0.05, 0) is 29.7 Å². The van der Waals surface area contributed by atoms with Crippen LogP contribution in [0.4, 0.5) is 0 Å². The highest BCUT2D eigenvalue weighted by Crippen LogP contribution is 2.26. The van der Waals surface area contributed by atoms with E-state index in [1.54, 1.807) is 0 Å². The van der Waals surface area contributed by atoms with Gasteiger partial charge in [0.25, 0.3) is 0 Å². The van der Waals surface area contributed by atoms with Crippen LogP contribution in [0.25, 0.3) is 11.0 Å². The third-order valence-corrected chi connectivity index (χ3v) is 6.73. The van der Waals surface area contributed by atoms with Crippen LogP contribution in [0.3, 0.4) is 0 Å². The first-order chi connectivity index (χ1) is 16.3. The molecule has 4 aromatic rings. The lowest BCUT2D eigenvalue weighted by atomic mass is 9.99. The first-order valence-electron chi connectivity index (χ1n) is 11.7. The molecule has 0 aliphatic rings. The molecule has 3 aromatic carbocycles. The maximum atomic E-state index is 13.0. The van der Waals surface area contributed by atoms with Gasteiger partial charge in [0.15, 0.2) is 5.16 Å². The number of para-hydroxylation sites is 2. The fourth-order valence-electron chi connectivity index (χ4n) is 4.06. The van der Waals surface area contributed by atoms with Gasteiger partial charge in [-0.1, -0.05) is 111 Å². The van der Waals surface area contributed by atoms with E-state index in [1.807, 2.05) is 48.5 Å². The number of fused-ring (bicyclic) bond motifs is 1. The summed E-state index contributed by atoms with van der Waals surface area (Å²) in [6, 6.07) is 28.3. The lowest BCUT2D eigenvalue weighted by molar-refractivity contribution is -0.119. The van der Waals surface area contributed by atoms with Crippen molar-refractivity contribution in [2.24, 2.45) is 0 Å². The predicted molar refractivity (Wildman–Crippen MR) is 137 cm³/mol. The van der Waals surface area contributed by atoms with E-state index in [9.17, 15) is 4.79 Å². The van der Waals surface area contributed by atoms with Gasteiger partial charge >= 0.3 is 0 Å². The number of nitrogens with zero attached hydrogens (tertiary/aromatic N) is 2. The molecule has 1 heterocycles. The zero-order valence-electron chi connectivity index (χ0n) is 19.1. The van der Waals surface area contributed by atoms with E-state index in [1.165, 1.54) is 31.0 Å². The first kappa shape index (κ1) is 23.1. The molecule has 0 radical (unpaired) electrons. The summed E-state index contributed by atoms with van der Waals surface area (Å²) in [5, 5.41) is 4.15. The van der Waals surface area contributed by atoms with Crippen LogP contribution in [0, 0.1) is 0 Å². The van der Waals surface area contributed by atoms with Crippen LogP contribution in [-0.2, 0) is 11.3 Å². The number of nitrogens with one attached hydrogen (secondary N) is 1. The summed E-state index contributed by atoms with van der Waals surface area (Å²) in [7, 11) is 0. The van der Waals surface area contributed by atoms with Crippen molar-refractivity contribution in [1.82, 2.24) is 14.9 Å². The van der Waals surface area contributed by atoms with E-state index in [-0.39, 0.29) is 11.9 Å². The molecule has 4 rings (SSSR count). The molecule has 0 aliphatic carbocycles. The number of aryl methyl sites for hydroxylation is 1. The molecule has 0 aliphatic heterocycles. The number of rotatable bonds is 11. The normalized spacial score (nSPS) is 11.2.